The Morgan fingerprint density at radius 3 is 2.58 bits per heavy atom. The molecule has 0 radical (unpaired) electrons. The van der Waals surface area contributed by atoms with Crippen molar-refractivity contribution in [2.24, 2.45) is 0 Å². The smallest absolute Gasteiger partial charge is 0.412 e. The van der Waals surface area contributed by atoms with Crippen molar-refractivity contribution >= 4 is 29.2 Å². The van der Waals surface area contributed by atoms with Crippen LogP contribution < -0.4 is 15.0 Å². The molecule has 0 aliphatic carbocycles. The Bertz CT molecular complexity index is 1340. The van der Waals surface area contributed by atoms with Gasteiger partial charge in [-0.15, -0.1) is 0 Å². The number of benzene rings is 1. The minimum Gasteiger partial charge on any atom is -0.494 e. The minimum absolute atomic E-state index is 0.000709. The molecule has 0 saturated heterocycles. The molecule has 3 heterocycles. The molecule has 33 heavy (non-hydrogen) atoms. The fourth-order valence-electron chi connectivity index (χ4n) is 3.26. The predicted octanol–water partition coefficient (Wildman–Crippen LogP) is 4.00. The molecule has 4 aromatic rings. The molecule has 0 aliphatic rings. The summed E-state index contributed by atoms with van der Waals surface area (Å²) in [7, 11) is 4.25. The SMILES string of the molecule is COC(=O)Nc1ccc(-c2cnc3ccc(N(C)C(=O)c4ccc(F)c(OC)c4)cn23)cn1. The lowest BCUT2D eigenvalue weighted by Gasteiger charge is -2.18. The molecule has 0 bridgehead atoms. The standard InChI is InChI=1S/C23H20FN5O4/c1-28(22(30)14-4-7-17(24)19(10-14)32-2)16-6-9-21-26-12-18(29(21)13-16)15-5-8-20(25-11-15)27-23(31)33-3/h4-13H,1-3H3,(H,25,27,31). The van der Waals surface area contributed by atoms with Crippen LogP contribution in [-0.4, -0.2) is 47.6 Å². The maximum absolute atomic E-state index is 13.7. The average Bonchev–Trinajstić information content (AvgIpc) is 3.27. The van der Waals surface area contributed by atoms with Crippen LogP contribution in [0.25, 0.3) is 16.9 Å². The number of nitrogens with one attached hydrogen (secondary N) is 1. The van der Waals surface area contributed by atoms with Crippen LogP contribution in [0.15, 0.2) is 61.1 Å². The van der Waals surface area contributed by atoms with Gasteiger partial charge in [0.05, 0.1) is 31.8 Å². The van der Waals surface area contributed by atoms with E-state index in [1.54, 1.807) is 49.9 Å². The van der Waals surface area contributed by atoms with Crippen molar-refractivity contribution in [1.82, 2.24) is 14.4 Å². The molecule has 10 heteroatoms. The first-order valence-electron chi connectivity index (χ1n) is 9.81. The van der Waals surface area contributed by atoms with E-state index in [1.807, 2.05) is 4.40 Å². The zero-order valence-corrected chi connectivity index (χ0v) is 18.1. The van der Waals surface area contributed by atoms with E-state index in [2.05, 4.69) is 20.0 Å². The molecule has 2 amide bonds. The summed E-state index contributed by atoms with van der Waals surface area (Å²) in [6.45, 7) is 0. The minimum atomic E-state index is -0.610. The second-order valence-corrected chi connectivity index (χ2v) is 7.02. The lowest BCUT2D eigenvalue weighted by atomic mass is 10.1. The first-order valence-corrected chi connectivity index (χ1v) is 9.81. The number of imidazole rings is 1. The maximum atomic E-state index is 13.7. The molecule has 0 saturated carbocycles. The molecular weight excluding hydrogens is 429 g/mol. The van der Waals surface area contributed by atoms with Crippen LogP contribution in [0.5, 0.6) is 5.75 Å². The summed E-state index contributed by atoms with van der Waals surface area (Å²) < 4.78 is 25.1. The second-order valence-electron chi connectivity index (χ2n) is 7.02. The van der Waals surface area contributed by atoms with Gasteiger partial charge in [-0.25, -0.2) is 19.2 Å². The molecule has 3 aromatic heterocycles. The second kappa shape index (κ2) is 8.95. The van der Waals surface area contributed by atoms with E-state index in [0.717, 1.165) is 11.3 Å². The fourth-order valence-corrected chi connectivity index (χ4v) is 3.26. The van der Waals surface area contributed by atoms with E-state index in [9.17, 15) is 14.0 Å². The number of amides is 2. The zero-order chi connectivity index (χ0) is 23.5. The number of hydrogen-bond acceptors (Lipinski definition) is 6. The van der Waals surface area contributed by atoms with Crippen molar-refractivity contribution in [1.29, 1.82) is 0 Å². The van der Waals surface area contributed by atoms with Crippen molar-refractivity contribution < 1.29 is 23.5 Å². The third-order valence-electron chi connectivity index (χ3n) is 5.05. The summed E-state index contributed by atoms with van der Waals surface area (Å²) >= 11 is 0. The number of pyridine rings is 2. The number of ether oxygens (including phenoxy) is 2. The summed E-state index contributed by atoms with van der Waals surface area (Å²) in [6, 6.07) is 11.0. The van der Waals surface area contributed by atoms with Crippen LogP contribution in [0.2, 0.25) is 0 Å². The van der Waals surface area contributed by atoms with Crippen LogP contribution in [0.1, 0.15) is 10.4 Å². The van der Waals surface area contributed by atoms with Crippen molar-refractivity contribution in [3.8, 4) is 17.0 Å². The predicted molar refractivity (Wildman–Crippen MR) is 120 cm³/mol. The van der Waals surface area contributed by atoms with E-state index in [1.165, 1.54) is 37.3 Å². The number of halogens is 1. The van der Waals surface area contributed by atoms with Crippen LogP contribution in [-0.2, 0) is 4.74 Å². The Labute approximate surface area is 188 Å². The molecule has 0 unspecified atom stereocenters. The molecule has 168 valence electrons. The monoisotopic (exact) mass is 449 g/mol. The highest BCUT2D eigenvalue weighted by Gasteiger charge is 2.17. The summed E-state index contributed by atoms with van der Waals surface area (Å²) in [5.41, 5.74) is 3.07. The van der Waals surface area contributed by atoms with Gasteiger partial charge in [-0.1, -0.05) is 0 Å². The lowest BCUT2D eigenvalue weighted by molar-refractivity contribution is 0.0992. The number of fused-ring (bicyclic) bond motifs is 1. The molecular formula is C23H20FN5O4. The van der Waals surface area contributed by atoms with Gasteiger partial charge in [0, 0.05) is 30.6 Å². The van der Waals surface area contributed by atoms with E-state index in [-0.39, 0.29) is 11.7 Å². The molecule has 0 fully saturated rings. The highest BCUT2D eigenvalue weighted by molar-refractivity contribution is 6.06. The van der Waals surface area contributed by atoms with E-state index < -0.39 is 11.9 Å². The van der Waals surface area contributed by atoms with Gasteiger partial charge in [0.25, 0.3) is 5.91 Å². The van der Waals surface area contributed by atoms with Gasteiger partial charge in [0.2, 0.25) is 0 Å². The van der Waals surface area contributed by atoms with E-state index in [0.29, 0.717) is 22.7 Å². The number of nitrogens with zero attached hydrogens (tertiary/aromatic N) is 4. The topological polar surface area (TPSA) is 98.1 Å². The first-order chi connectivity index (χ1) is 15.9. The number of carbonyl (C=O) groups is 2. The highest BCUT2D eigenvalue weighted by Crippen LogP contribution is 2.25. The van der Waals surface area contributed by atoms with Crippen molar-refractivity contribution in [2.75, 3.05) is 31.5 Å². The van der Waals surface area contributed by atoms with Crippen LogP contribution in [0.3, 0.4) is 0 Å². The summed E-state index contributed by atoms with van der Waals surface area (Å²) in [5.74, 6) is -0.517. The Hall–Kier alpha value is -4.47. The molecule has 1 aromatic carbocycles. The molecule has 4 rings (SSSR count). The van der Waals surface area contributed by atoms with Crippen molar-refractivity contribution in [3.63, 3.8) is 0 Å². The van der Waals surface area contributed by atoms with Gasteiger partial charge in [-0.2, -0.15) is 0 Å². The van der Waals surface area contributed by atoms with Gasteiger partial charge in [-0.05, 0) is 42.5 Å². The summed E-state index contributed by atoms with van der Waals surface area (Å²) in [4.78, 5) is 34.4. The molecule has 0 atom stereocenters. The maximum Gasteiger partial charge on any atom is 0.412 e. The quantitative estimate of drug-likeness (QED) is 0.495. The number of rotatable bonds is 5. The number of anilines is 2. The zero-order valence-electron chi connectivity index (χ0n) is 18.1. The van der Waals surface area contributed by atoms with Gasteiger partial charge >= 0.3 is 6.09 Å². The molecule has 9 nitrogen and oxygen atoms in total. The lowest BCUT2D eigenvalue weighted by Crippen LogP contribution is -2.26. The Morgan fingerprint density at radius 2 is 1.88 bits per heavy atom. The number of aromatic nitrogens is 3. The van der Waals surface area contributed by atoms with E-state index in [4.69, 9.17) is 4.74 Å². The number of carbonyl (C=O) groups excluding carboxylic acids is 2. The molecule has 0 spiro atoms. The summed E-state index contributed by atoms with van der Waals surface area (Å²) in [6.07, 6.45) is 4.45. The number of hydrogen-bond donors (Lipinski definition) is 1. The average molecular weight is 449 g/mol. The summed E-state index contributed by atoms with van der Waals surface area (Å²) in [5, 5.41) is 2.49. The highest BCUT2D eigenvalue weighted by atomic mass is 19.1. The normalized spacial score (nSPS) is 10.7. The van der Waals surface area contributed by atoms with Crippen LogP contribution >= 0.6 is 0 Å². The van der Waals surface area contributed by atoms with Crippen molar-refractivity contribution in [2.45, 2.75) is 0 Å². The molecule has 0 aliphatic heterocycles. The van der Waals surface area contributed by atoms with Gasteiger partial charge in [0.1, 0.15) is 11.5 Å². The Balaban J connectivity index is 1.64. The van der Waals surface area contributed by atoms with Gasteiger partial charge < -0.3 is 14.4 Å². The third kappa shape index (κ3) is 4.31. The van der Waals surface area contributed by atoms with Gasteiger partial charge in [-0.3, -0.25) is 14.5 Å². The van der Waals surface area contributed by atoms with Crippen LogP contribution in [0, 0.1) is 5.82 Å². The Morgan fingerprint density at radius 1 is 1.06 bits per heavy atom. The van der Waals surface area contributed by atoms with Gasteiger partial charge in [0.15, 0.2) is 11.6 Å². The Kier molecular flexibility index (Phi) is 5.90. The number of methoxy groups -OCH3 is 2. The van der Waals surface area contributed by atoms with Crippen molar-refractivity contribution in [3.05, 3.63) is 72.4 Å². The third-order valence-corrected chi connectivity index (χ3v) is 5.05. The van der Waals surface area contributed by atoms with E-state index >= 15 is 0 Å². The largest absolute Gasteiger partial charge is 0.494 e. The molecule has 1 N–H and O–H groups in total. The fraction of sp³-hybridized carbons (Fsp3) is 0.130. The van der Waals surface area contributed by atoms with Crippen LogP contribution in [0.4, 0.5) is 20.7 Å². The first kappa shape index (κ1) is 21.8.